The summed E-state index contributed by atoms with van der Waals surface area (Å²) in [6.45, 7) is 1.20. The molecule has 0 aliphatic carbocycles. The molecule has 1 amide bonds. The van der Waals surface area contributed by atoms with Crippen LogP contribution in [0.5, 0.6) is 0 Å². The summed E-state index contributed by atoms with van der Waals surface area (Å²) < 4.78 is 57.7. The number of amides is 1. The fraction of sp³-hybridized carbons (Fsp3) is 0.176. The van der Waals surface area contributed by atoms with Crippen LogP contribution in [0, 0.1) is 23.3 Å². The Kier molecular flexibility index (Phi) is 5.74. The molecule has 4 nitrogen and oxygen atoms in total. The summed E-state index contributed by atoms with van der Waals surface area (Å²) in [7, 11) is 0. The molecule has 0 aliphatic heterocycles. The van der Waals surface area contributed by atoms with Crippen molar-refractivity contribution in [3.05, 3.63) is 65.2 Å². The summed E-state index contributed by atoms with van der Waals surface area (Å²) in [4.78, 5) is 23.6. The van der Waals surface area contributed by atoms with Crippen LogP contribution in [0.15, 0.2) is 36.4 Å². The molecule has 0 aliphatic rings. The number of benzene rings is 2. The summed E-state index contributed by atoms with van der Waals surface area (Å²) in [5.41, 5.74) is -0.507. The Bertz CT molecular complexity index is 810. The second-order valence-corrected chi connectivity index (χ2v) is 5.11. The van der Waals surface area contributed by atoms with E-state index in [-0.39, 0.29) is 5.56 Å². The van der Waals surface area contributed by atoms with Crippen LogP contribution in [0.3, 0.4) is 0 Å². The van der Waals surface area contributed by atoms with Gasteiger partial charge < -0.3 is 10.1 Å². The molecule has 0 aromatic heterocycles. The lowest BCUT2D eigenvalue weighted by Gasteiger charge is -2.14. The predicted octanol–water partition coefficient (Wildman–Crippen LogP) is 3.36. The van der Waals surface area contributed by atoms with E-state index in [9.17, 15) is 27.2 Å². The van der Waals surface area contributed by atoms with Gasteiger partial charge in [-0.25, -0.2) is 17.6 Å². The lowest BCUT2D eigenvalue weighted by atomic mass is 10.1. The van der Waals surface area contributed by atoms with Crippen molar-refractivity contribution in [3.8, 4) is 0 Å². The Hall–Kier alpha value is -2.90. The average Bonchev–Trinajstić information content (AvgIpc) is 2.57. The Morgan fingerprint density at radius 2 is 1.68 bits per heavy atom. The van der Waals surface area contributed by atoms with Crippen LogP contribution in [0.1, 0.15) is 12.5 Å². The SMILES string of the molecule is C[C@@H](OC(=O)Cc1ccccc1F)C(=O)Nc1ccc(F)c(F)c1F. The maximum absolute atomic E-state index is 13.5. The molecule has 0 heterocycles. The predicted molar refractivity (Wildman–Crippen MR) is 80.6 cm³/mol. The van der Waals surface area contributed by atoms with Gasteiger partial charge in [0.25, 0.3) is 5.91 Å². The molecular weight excluding hydrogens is 342 g/mol. The lowest BCUT2D eigenvalue weighted by molar-refractivity contribution is -0.152. The standard InChI is InChI=1S/C17H13F4NO3/c1-9(25-14(23)8-10-4-2-3-5-11(10)18)17(24)22-13-7-6-12(19)15(20)16(13)21/h2-7,9H,8H2,1H3,(H,22,24)/t9-/m1/s1. The highest BCUT2D eigenvalue weighted by atomic mass is 19.2. The van der Waals surface area contributed by atoms with Crippen molar-refractivity contribution in [1.82, 2.24) is 0 Å². The molecule has 0 saturated heterocycles. The molecule has 2 aromatic carbocycles. The highest BCUT2D eigenvalue weighted by molar-refractivity contribution is 5.95. The maximum atomic E-state index is 13.5. The van der Waals surface area contributed by atoms with Crippen LogP contribution in [-0.2, 0) is 20.7 Å². The largest absolute Gasteiger partial charge is 0.452 e. The molecule has 25 heavy (non-hydrogen) atoms. The van der Waals surface area contributed by atoms with Crippen molar-refractivity contribution < 1.29 is 31.9 Å². The van der Waals surface area contributed by atoms with Gasteiger partial charge >= 0.3 is 5.97 Å². The maximum Gasteiger partial charge on any atom is 0.311 e. The van der Waals surface area contributed by atoms with Crippen molar-refractivity contribution in [2.24, 2.45) is 0 Å². The zero-order valence-electron chi connectivity index (χ0n) is 13.0. The quantitative estimate of drug-likeness (QED) is 0.508. The van der Waals surface area contributed by atoms with Gasteiger partial charge in [-0.1, -0.05) is 18.2 Å². The molecule has 0 radical (unpaired) electrons. The number of ether oxygens (including phenoxy) is 1. The topological polar surface area (TPSA) is 55.4 Å². The van der Waals surface area contributed by atoms with Gasteiger partial charge in [-0.3, -0.25) is 9.59 Å². The van der Waals surface area contributed by atoms with Gasteiger partial charge in [0, 0.05) is 0 Å². The van der Waals surface area contributed by atoms with Crippen LogP contribution in [0.2, 0.25) is 0 Å². The first-order valence-corrected chi connectivity index (χ1v) is 7.17. The Morgan fingerprint density at radius 3 is 2.36 bits per heavy atom. The Balaban J connectivity index is 1.97. The normalized spacial score (nSPS) is 11.7. The molecule has 0 saturated carbocycles. The van der Waals surface area contributed by atoms with Crippen molar-refractivity contribution in [1.29, 1.82) is 0 Å². The van der Waals surface area contributed by atoms with Crippen molar-refractivity contribution >= 4 is 17.6 Å². The molecule has 1 N–H and O–H groups in total. The van der Waals surface area contributed by atoms with E-state index in [4.69, 9.17) is 4.74 Å². The molecule has 2 rings (SSSR count). The van der Waals surface area contributed by atoms with Gasteiger partial charge in [0.05, 0.1) is 12.1 Å². The Morgan fingerprint density at radius 1 is 1.00 bits per heavy atom. The number of hydrogen-bond donors (Lipinski definition) is 1. The van der Waals surface area contributed by atoms with Crippen LogP contribution < -0.4 is 5.32 Å². The molecule has 0 fully saturated rings. The van der Waals surface area contributed by atoms with E-state index in [1.807, 2.05) is 5.32 Å². The summed E-state index contributed by atoms with van der Waals surface area (Å²) in [5.74, 6) is -7.13. The molecule has 0 unspecified atom stereocenters. The van der Waals surface area contributed by atoms with E-state index < -0.39 is 53.4 Å². The minimum Gasteiger partial charge on any atom is -0.452 e. The number of halogens is 4. The molecule has 132 valence electrons. The second-order valence-electron chi connectivity index (χ2n) is 5.11. The van der Waals surface area contributed by atoms with Gasteiger partial charge in [-0.05, 0) is 30.7 Å². The monoisotopic (exact) mass is 355 g/mol. The van der Waals surface area contributed by atoms with Crippen LogP contribution in [0.4, 0.5) is 23.2 Å². The van der Waals surface area contributed by atoms with Gasteiger partial charge in [-0.2, -0.15) is 0 Å². The molecule has 8 heteroatoms. The van der Waals surface area contributed by atoms with E-state index in [1.165, 1.54) is 31.2 Å². The minimum absolute atomic E-state index is 0.0896. The first kappa shape index (κ1) is 18.4. The highest BCUT2D eigenvalue weighted by Crippen LogP contribution is 2.20. The first-order valence-electron chi connectivity index (χ1n) is 7.17. The smallest absolute Gasteiger partial charge is 0.311 e. The van der Waals surface area contributed by atoms with E-state index in [2.05, 4.69) is 0 Å². The van der Waals surface area contributed by atoms with E-state index in [0.29, 0.717) is 6.07 Å². The van der Waals surface area contributed by atoms with Crippen molar-refractivity contribution in [2.75, 3.05) is 5.32 Å². The third-order valence-electron chi connectivity index (χ3n) is 3.26. The minimum atomic E-state index is -1.73. The molecule has 0 spiro atoms. The number of anilines is 1. The van der Waals surface area contributed by atoms with Crippen LogP contribution in [-0.4, -0.2) is 18.0 Å². The number of rotatable bonds is 5. The summed E-state index contributed by atoms with van der Waals surface area (Å²) in [6, 6.07) is 7.02. The van der Waals surface area contributed by atoms with Gasteiger partial charge in [-0.15, -0.1) is 0 Å². The first-order chi connectivity index (χ1) is 11.8. The van der Waals surface area contributed by atoms with Gasteiger partial charge in [0.15, 0.2) is 23.6 Å². The number of hydrogen-bond acceptors (Lipinski definition) is 3. The number of carbonyl (C=O) groups is 2. The lowest BCUT2D eigenvalue weighted by Crippen LogP contribution is -2.31. The molecular formula is C17H13F4NO3. The fourth-order valence-electron chi connectivity index (χ4n) is 1.95. The zero-order valence-corrected chi connectivity index (χ0v) is 13.0. The van der Waals surface area contributed by atoms with Crippen molar-refractivity contribution in [2.45, 2.75) is 19.4 Å². The third kappa shape index (κ3) is 4.56. The Labute approximate surface area is 140 Å². The van der Waals surface area contributed by atoms with Crippen molar-refractivity contribution in [3.63, 3.8) is 0 Å². The average molecular weight is 355 g/mol. The van der Waals surface area contributed by atoms with E-state index >= 15 is 0 Å². The third-order valence-corrected chi connectivity index (χ3v) is 3.26. The molecule has 0 bridgehead atoms. The zero-order chi connectivity index (χ0) is 18.6. The number of carbonyl (C=O) groups excluding carboxylic acids is 2. The van der Waals surface area contributed by atoms with E-state index in [1.54, 1.807) is 0 Å². The molecule has 2 aromatic rings. The molecule has 1 atom stereocenters. The van der Waals surface area contributed by atoms with E-state index in [0.717, 1.165) is 6.07 Å². The summed E-state index contributed by atoms with van der Waals surface area (Å²) >= 11 is 0. The highest BCUT2D eigenvalue weighted by Gasteiger charge is 2.21. The van der Waals surface area contributed by atoms with Gasteiger partial charge in [0.2, 0.25) is 0 Å². The number of nitrogens with one attached hydrogen (secondary N) is 1. The van der Waals surface area contributed by atoms with Crippen LogP contribution >= 0.6 is 0 Å². The second kappa shape index (κ2) is 7.78. The summed E-state index contributed by atoms with van der Waals surface area (Å²) in [5, 5.41) is 1.99. The van der Waals surface area contributed by atoms with Crippen LogP contribution in [0.25, 0.3) is 0 Å². The van der Waals surface area contributed by atoms with Gasteiger partial charge in [0.1, 0.15) is 5.82 Å². The fourth-order valence-corrected chi connectivity index (χ4v) is 1.95. The summed E-state index contributed by atoms with van der Waals surface area (Å²) in [6.07, 6.45) is -1.75. The number of esters is 1.